The third kappa shape index (κ3) is 4.19. The van der Waals surface area contributed by atoms with Crippen molar-refractivity contribution in [2.75, 3.05) is 10.6 Å². The summed E-state index contributed by atoms with van der Waals surface area (Å²) in [6.07, 6.45) is 0. The number of aromatic nitrogens is 2. The predicted molar refractivity (Wildman–Crippen MR) is 98.6 cm³/mol. The summed E-state index contributed by atoms with van der Waals surface area (Å²) in [5.41, 5.74) is 1.85. The highest BCUT2D eigenvalue weighted by atomic mass is 79.9. The zero-order valence-electron chi connectivity index (χ0n) is 12.9. The number of rotatable bonds is 4. The molecule has 2 aromatic carbocycles. The van der Waals surface area contributed by atoms with Gasteiger partial charge in [-0.1, -0.05) is 28.1 Å². The van der Waals surface area contributed by atoms with E-state index >= 15 is 0 Å². The Kier molecular flexibility index (Phi) is 5.02. The Balaban J connectivity index is 1.70. The van der Waals surface area contributed by atoms with Crippen LogP contribution in [0.2, 0.25) is 0 Å². The minimum atomic E-state index is -0.426. The molecule has 0 fully saturated rings. The van der Waals surface area contributed by atoms with Crippen molar-refractivity contribution in [3.05, 3.63) is 76.4 Å². The molecule has 0 aliphatic heterocycles. The molecule has 0 bridgehead atoms. The monoisotopic (exact) mass is 393 g/mol. The molecule has 6 nitrogen and oxygen atoms in total. The number of benzene rings is 2. The van der Waals surface area contributed by atoms with Crippen LogP contribution in [-0.2, 0) is 0 Å². The van der Waals surface area contributed by atoms with E-state index in [2.05, 4.69) is 36.8 Å². The molecule has 0 aliphatic carbocycles. The summed E-state index contributed by atoms with van der Waals surface area (Å²) in [6, 6.07) is 19.6. The Labute approximate surface area is 152 Å². The van der Waals surface area contributed by atoms with Crippen molar-refractivity contribution in [3.8, 4) is 6.07 Å². The molecule has 0 saturated heterocycles. The van der Waals surface area contributed by atoms with E-state index < -0.39 is 5.91 Å². The Hall–Kier alpha value is -3.24. The first-order chi connectivity index (χ1) is 12.2. The highest BCUT2D eigenvalue weighted by molar-refractivity contribution is 9.10. The summed E-state index contributed by atoms with van der Waals surface area (Å²) in [5, 5.41) is 22.7. The van der Waals surface area contributed by atoms with E-state index in [-0.39, 0.29) is 5.69 Å². The van der Waals surface area contributed by atoms with E-state index in [1.165, 1.54) is 0 Å². The highest BCUT2D eigenvalue weighted by Gasteiger charge is 2.11. The first-order valence-electron chi connectivity index (χ1n) is 7.32. The molecule has 0 atom stereocenters. The third-order valence-electron chi connectivity index (χ3n) is 3.31. The number of hydrogen-bond acceptors (Lipinski definition) is 5. The zero-order valence-corrected chi connectivity index (χ0v) is 14.5. The van der Waals surface area contributed by atoms with Crippen molar-refractivity contribution in [3.63, 3.8) is 0 Å². The van der Waals surface area contributed by atoms with Gasteiger partial charge in [-0.3, -0.25) is 4.79 Å². The molecular formula is C18H12BrN5O. The predicted octanol–water partition coefficient (Wildman–Crippen LogP) is 4.11. The molecule has 2 N–H and O–H groups in total. The normalized spacial score (nSPS) is 9.92. The smallest absolute Gasteiger partial charge is 0.276 e. The number of anilines is 3. The summed E-state index contributed by atoms with van der Waals surface area (Å²) >= 11 is 3.37. The van der Waals surface area contributed by atoms with Gasteiger partial charge < -0.3 is 10.6 Å². The topological polar surface area (TPSA) is 90.7 Å². The van der Waals surface area contributed by atoms with Crippen molar-refractivity contribution in [2.24, 2.45) is 0 Å². The van der Waals surface area contributed by atoms with Crippen molar-refractivity contribution in [1.82, 2.24) is 10.2 Å². The largest absolute Gasteiger partial charge is 0.339 e. The van der Waals surface area contributed by atoms with Crippen LogP contribution in [0.25, 0.3) is 0 Å². The van der Waals surface area contributed by atoms with Crippen LogP contribution in [-0.4, -0.2) is 16.1 Å². The summed E-state index contributed by atoms with van der Waals surface area (Å²) < 4.78 is 0.980. The summed E-state index contributed by atoms with van der Waals surface area (Å²) in [4.78, 5) is 12.2. The minimum absolute atomic E-state index is 0.161. The van der Waals surface area contributed by atoms with Crippen LogP contribution in [0.5, 0.6) is 0 Å². The fourth-order valence-corrected chi connectivity index (χ4v) is 2.34. The van der Waals surface area contributed by atoms with Gasteiger partial charge in [0.05, 0.1) is 11.3 Å². The lowest BCUT2D eigenvalue weighted by Gasteiger charge is -2.07. The van der Waals surface area contributed by atoms with Crippen LogP contribution in [0.15, 0.2) is 65.1 Å². The van der Waals surface area contributed by atoms with Gasteiger partial charge in [0.15, 0.2) is 11.5 Å². The molecule has 7 heteroatoms. The number of halogens is 1. The maximum absolute atomic E-state index is 12.2. The van der Waals surface area contributed by atoms with Crippen LogP contribution in [0, 0.1) is 11.3 Å². The quantitative estimate of drug-likeness (QED) is 0.695. The first-order valence-corrected chi connectivity index (χ1v) is 8.12. The second-order valence-electron chi connectivity index (χ2n) is 5.05. The fourth-order valence-electron chi connectivity index (χ4n) is 2.08. The first kappa shape index (κ1) is 16.6. The second kappa shape index (κ2) is 7.55. The maximum Gasteiger partial charge on any atom is 0.276 e. The van der Waals surface area contributed by atoms with Crippen molar-refractivity contribution in [1.29, 1.82) is 5.26 Å². The Morgan fingerprint density at radius 2 is 1.76 bits per heavy atom. The molecule has 1 amide bonds. The van der Waals surface area contributed by atoms with Gasteiger partial charge in [-0.2, -0.15) is 5.26 Å². The van der Waals surface area contributed by atoms with Gasteiger partial charge in [0.25, 0.3) is 5.91 Å². The molecule has 122 valence electrons. The Morgan fingerprint density at radius 1 is 1.00 bits per heavy atom. The number of hydrogen-bond donors (Lipinski definition) is 2. The Bertz CT molecular complexity index is 933. The van der Waals surface area contributed by atoms with E-state index in [1.807, 2.05) is 30.3 Å². The van der Waals surface area contributed by atoms with Gasteiger partial charge in [-0.25, -0.2) is 0 Å². The molecule has 0 saturated carbocycles. The lowest BCUT2D eigenvalue weighted by atomic mass is 10.2. The van der Waals surface area contributed by atoms with E-state index in [4.69, 9.17) is 5.26 Å². The maximum atomic E-state index is 12.2. The number of carbonyl (C=O) groups is 1. The van der Waals surface area contributed by atoms with Gasteiger partial charge in [0, 0.05) is 10.2 Å². The molecule has 0 aliphatic rings. The van der Waals surface area contributed by atoms with E-state index in [1.54, 1.807) is 36.4 Å². The Morgan fingerprint density at radius 3 is 2.44 bits per heavy atom. The van der Waals surface area contributed by atoms with Gasteiger partial charge in [-0.05, 0) is 48.5 Å². The molecule has 0 radical (unpaired) electrons. The van der Waals surface area contributed by atoms with Crippen LogP contribution < -0.4 is 10.6 Å². The summed E-state index contributed by atoms with van der Waals surface area (Å²) in [5.74, 6) is 0.0988. The molecule has 1 heterocycles. The fraction of sp³-hybridized carbons (Fsp3) is 0. The standard InChI is InChI=1S/C18H12BrN5O/c19-13-5-7-14(8-6-13)21-17-10-9-16(23-24-17)18(25)22-15-4-2-1-3-12(15)11-20/h1-10H,(H,21,24)(H,22,25). The molecule has 0 unspecified atom stereocenters. The lowest BCUT2D eigenvalue weighted by molar-refractivity contribution is 0.102. The number of nitrogens with one attached hydrogen (secondary N) is 2. The molecule has 25 heavy (non-hydrogen) atoms. The SMILES string of the molecule is N#Cc1ccccc1NC(=O)c1ccc(Nc2ccc(Br)cc2)nn1. The number of nitriles is 1. The minimum Gasteiger partial charge on any atom is -0.339 e. The summed E-state index contributed by atoms with van der Waals surface area (Å²) in [6.45, 7) is 0. The molecule has 3 rings (SSSR count). The van der Waals surface area contributed by atoms with Crippen LogP contribution >= 0.6 is 15.9 Å². The van der Waals surface area contributed by atoms with Gasteiger partial charge >= 0.3 is 0 Å². The molecule has 3 aromatic rings. The number of amides is 1. The van der Waals surface area contributed by atoms with Gasteiger partial charge in [0.1, 0.15) is 6.07 Å². The van der Waals surface area contributed by atoms with Crippen LogP contribution in [0.3, 0.4) is 0 Å². The van der Waals surface area contributed by atoms with Crippen molar-refractivity contribution in [2.45, 2.75) is 0 Å². The molecular weight excluding hydrogens is 382 g/mol. The zero-order chi connectivity index (χ0) is 17.6. The van der Waals surface area contributed by atoms with Crippen molar-refractivity contribution >= 4 is 39.0 Å². The second-order valence-corrected chi connectivity index (χ2v) is 5.96. The third-order valence-corrected chi connectivity index (χ3v) is 3.84. The average Bonchev–Trinajstić information content (AvgIpc) is 2.64. The highest BCUT2D eigenvalue weighted by Crippen LogP contribution is 2.18. The number of nitrogens with zero attached hydrogens (tertiary/aromatic N) is 3. The van der Waals surface area contributed by atoms with E-state index in [0.717, 1.165) is 10.2 Å². The van der Waals surface area contributed by atoms with Crippen LogP contribution in [0.1, 0.15) is 16.1 Å². The summed E-state index contributed by atoms with van der Waals surface area (Å²) in [7, 11) is 0. The lowest BCUT2D eigenvalue weighted by Crippen LogP contribution is -2.15. The number of para-hydroxylation sites is 1. The van der Waals surface area contributed by atoms with E-state index in [9.17, 15) is 4.79 Å². The molecule has 1 aromatic heterocycles. The van der Waals surface area contributed by atoms with Crippen LogP contribution in [0.4, 0.5) is 17.2 Å². The number of carbonyl (C=O) groups excluding carboxylic acids is 1. The molecule has 0 spiro atoms. The van der Waals surface area contributed by atoms with E-state index in [0.29, 0.717) is 17.1 Å². The van der Waals surface area contributed by atoms with Crippen molar-refractivity contribution < 1.29 is 4.79 Å². The van der Waals surface area contributed by atoms with Gasteiger partial charge in [0.2, 0.25) is 0 Å². The average molecular weight is 394 g/mol. The van der Waals surface area contributed by atoms with Gasteiger partial charge in [-0.15, -0.1) is 10.2 Å².